The summed E-state index contributed by atoms with van der Waals surface area (Å²) >= 11 is 0. The zero-order chi connectivity index (χ0) is 15.9. The SMILES string of the molecule is CCC(=O)C(C)C(NC(=O)c1ccccc1)c1ccccc1. The molecule has 1 amide bonds. The monoisotopic (exact) mass is 295 g/mol. The Morgan fingerprint density at radius 2 is 1.50 bits per heavy atom. The van der Waals surface area contributed by atoms with Crippen LogP contribution in [0.1, 0.15) is 42.2 Å². The average Bonchev–Trinajstić information content (AvgIpc) is 2.59. The Balaban J connectivity index is 2.25. The van der Waals surface area contributed by atoms with E-state index in [-0.39, 0.29) is 23.7 Å². The van der Waals surface area contributed by atoms with Gasteiger partial charge in [0, 0.05) is 17.9 Å². The molecule has 0 spiro atoms. The lowest BCUT2D eigenvalue weighted by Gasteiger charge is -2.24. The molecule has 0 heterocycles. The number of ketones is 1. The number of carbonyl (C=O) groups is 2. The van der Waals surface area contributed by atoms with Gasteiger partial charge in [-0.05, 0) is 17.7 Å². The summed E-state index contributed by atoms with van der Waals surface area (Å²) in [6.45, 7) is 3.72. The lowest BCUT2D eigenvalue weighted by Crippen LogP contribution is -2.35. The summed E-state index contributed by atoms with van der Waals surface area (Å²) in [5, 5.41) is 3.00. The van der Waals surface area contributed by atoms with Crippen molar-refractivity contribution in [2.24, 2.45) is 5.92 Å². The fraction of sp³-hybridized carbons (Fsp3) is 0.263. The molecule has 0 saturated carbocycles. The Bertz CT molecular complexity index is 622. The van der Waals surface area contributed by atoms with E-state index >= 15 is 0 Å². The molecule has 0 aliphatic rings. The Morgan fingerprint density at radius 3 is 2.05 bits per heavy atom. The van der Waals surface area contributed by atoms with Crippen molar-refractivity contribution in [2.75, 3.05) is 0 Å². The second kappa shape index (κ2) is 7.55. The number of amides is 1. The van der Waals surface area contributed by atoms with Gasteiger partial charge in [0.1, 0.15) is 5.78 Å². The number of hydrogen-bond donors (Lipinski definition) is 1. The molecule has 22 heavy (non-hydrogen) atoms. The summed E-state index contributed by atoms with van der Waals surface area (Å²) < 4.78 is 0. The zero-order valence-corrected chi connectivity index (χ0v) is 13.0. The lowest BCUT2D eigenvalue weighted by molar-refractivity contribution is -0.122. The molecule has 114 valence electrons. The van der Waals surface area contributed by atoms with E-state index < -0.39 is 0 Å². The third-order valence-corrected chi connectivity index (χ3v) is 3.84. The van der Waals surface area contributed by atoms with E-state index in [9.17, 15) is 9.59 Å². The zero-order valence-electron chi connectivity index (χ0n) is 13.0. The number of carbonyl (C=O) groups excluding carboxylic acids is 2. The standard InChI is InChI=1S/C19H21NO2/c1-3-17(21)14(2)18(15-10-6-4-7-11-15)20-19(22)16-12-8-5-9-13-16/h4-14,18H,3H2,1-2H3,(H,20,22). The van der Waals surface area contributed by atoms with Crippen LogP contribution in [0.25, 0.3) is 0 Å². The maximum Gasteiger partial charge on any atom is 0.251 e. The van der Waals surface area contributed by atoms with E-state index in [1.54, 1.807) is 12.1 Å². The third-order valence-electron chi connectivity index (χ3n) is 3.84. The van der Waals surface area contributed by atoms with Crippen LogP contribution in [0.3, 0.4) is 0 Å². The molecule has 0 bridgehead atoms. The maximum atomic E-state index is 12.4. The van der Waals surface area contributed by atoms with E-state index in [0.29, 0.717) is 12.0 Å². The number of Topliss-reactive ketones (excluding diaryl/α,β-unsaturated/α-hetero) is 1. The van der Waals surface area contributed by atoms with Crippen LogP contribution in [0.2, 0.25) is 0 Å². The molecule has 0 aromatic heterocycles. The van der Waals surface area contributed by atoms with Gasteiger partial charge in [0.15, 0.2) is 0 Å². The van der Waals surface area contributed by atoms with E-state index in [4.69, 9.17) is 0 Å². The first-order valence-corrected chi connectivity index (χ1v) is 7.57. The fourth-order valence-corrected chi connectivity index (χ4v) is 2.48. The summed E-state index contributed by atoms with van der Waals surface area (Å²) in [5.41, 5.74) is 1.54. The Morgan fingerprint density at radius 1 is 0.955 bits per heavy atom. The van der Waals surface area contributed by atoms with Gasteiger partial charge in [-0.3, -0.25) is 9.59 Å². The molecule has 0 aliphatic heterocycles. The highest BCUT2D eigenvalue weighted by atomic mass is 16.2. The largest absolute Gasteiger partial charge is 0.345 e. The Labute approximate surface area is 131 Å². The average molecular weight is 295 g/mol. The normalized spacial score (nSPS) is 13.2. The summed E-state index contributed by atoms with van der Waals surface area (Å²) in [6.07, 6.45) is 0.464. The highest BCUT2D eigenvalue weighted by Crippen LogP contribution is 2.24. The van der Waals surface area contributed by atoms with Crippen LogP contribution >= 0.6 is 0 Å². The van der Waals surface area contributed by atoms with Crippen molar-refractivity contribution in [3.8, 4) is 0 Å². The highest BCUT2D eigenvalue weighted by Gasteiger charge is 2.26. The molecule has 2 atom stereocenters. The van der Waals surface area contributed by atoms with Crippen molar-refractivity contribution in [3.05, 3.63) is 71.8 Å². The fourth-order valence-electron chi connectivity index (χ4n) is 2.48. The molecule has 0 saturated heterocycles. The van der Waals surface area contributed by atoms with Gasteiger partial charge >= 0.3 is 0 Å². The minimum Gasteiger partial charge on any atom is -0.345 e. The molecule has 0 aliphatic carbocycles. The van der Waals surface area contributed by atoms with Gasteiger partial charge in [-0.2, -0.15) is 0 Å². The van der Waals surface area contributed by atoms with Crippen LogP contribution in [0, 0.1) is 5.92 Å². The first-order valence-electron chi connectivity index (χ1n) is 7.57. The van der Waals surface area contributed by atoms with Crippen molar-refractivity contribution < 1.29 is 9.59 Å². The van der Waals surface area contributed by atoms with Crippen LogP contribution in [0.4, 0.5) is 0 Å². The van der Waals surface area contributed by atoms with Gasteiger partial charge in [-0.15, -0.1) is 0 Å². The summed E-state index contributed by atoms with van der Waals surface area (Å²) in [5.74, 6) is -0.285. The molecular formula is C19H21NO2. The van der Waals surface area contributed by atoms with Crippen LogP contribution in [-0.4, -0.2) is 11.7 Å². The van der Waals surface area contributed by atoms with E-state index in [0.717, 1.165) is 5.56 Å². The molecule has 0 radical (unpaired) electrons. The molecule has 2 aromatic carbocycles. The number of nitrogens with one attached hydrogen (secondary N) is 1. The predicted molar refractivity (Wildman–Crippen MR) is 87.6 cm³/mol. The van der Waals surface area contributed by atoms with Gasteiger partial charge < -0.3 is 5.32 Å². The molecule has 3 nitrogen and oxygen atoms in total. The minimum absolute atomic E-state index is 0.141. The van der Waals surface area contributed by atoms with Crippen molar-refractivity contribution >= 4 is 11.7 Å². The van der Waals surface area contributed by atoms with Gasteiger partial charge in [0.25, 0.3) is 5.91 Å². The lowest BCUT2D eigenvalue weighted by atomic mass is 9.89. The number of hydrogen-bond acceptors (Lipinski definition) is 2. The quantitative estimate of drug-likeness (QED) is 0.881. The second-order valence-corrected chi connectivity index (χ2v) is 5.34. The van der Waals surface area contributed by atoms with E-state index in [1.807, 2.05) is 62.4 Å². The number of benzene rings is 2. The topological polar surface area (TPSA) is 46.2 Å². The van der Waals surface area contributed by atoms with Crippen molar-refractivity contribution in [3.63, 3.8) is 0 Å². The Hall–Kier alpha value is -2.42. The smallest absolute Gasteiger partial charge is 0.251 e. The molecule has 2 aromatic rings. The van der Waals surface area contributed by atoms with E-state index in [2.05, 4.69) is 5.32 Å². The predicted octanol–water partition coefficient (Wildman–Crippen LogP) is 3.77. The maximum absolute atomic E-state index is 12.4. The second-order valence-electron chi connectivity index (χ2n) is 5.34. The third kappa shape index (κ3) is 3.82. The van der Waals surface area contributed by atoms with Crippen LogP contribution in [0.15, 0.2) is 60.7 Å². The van der Waals surface area contributed by atoms with E-state index in [1.165, 1.54) is 0 Å². The molecular weight excluding hydrogens is 274 g/mol. The van der Waals surface area contributed by atoms with Gasteiger partial charge in [-0.25, -0.2) is 0 Å². The van der Waals surface area contributed by atoms with Crippen LogP contribution < -0.4 is 5.32 Å². The molecule has 2 rings (SSSR count). The van der Waals surface area contributed by atoms with Gasteiger partial charge in [0.05, 0.1) is 6.04 Å². The molecule has 0 fully saturated rings. The molecule has 1 N–H and O–H groups in total. The van der Waals surface area contributed by atoms with Crippen LogP contribution in [0.5, 0.6) is 0 Å². The molecule has 2 unspecified atom stereocenters. The minimum atomic E-state index is -0.318. The van der Waals surface area contributed by atoms with Crippen molar-refractivity contribution in [1.29, 1.82) is 0 Å². The molecule has 3 heteroatoms. The van der Waals surface area contributed by atoms with Crippen LogP contribution in [-0.2, 0) is 4.79 Å². The summed E-state index contributed by atoms with van der Waals surface area (Å²) in [6, 6.07) is 18.4. The first-order chi connectivity index (χ1) is 10.6. The van der Waals surface area contributed by atoms with Gasteiger partial charge in [0.2, 0.25) is 0 Å². The summed E-state index contributed by atoms with van der Waals surface area (Å²) in [7, 11) is 0. The van der Waals surface area contributed by atoms with Crippen molar-refractivity contribution in [2.45, 2.75) is 26.3 Å². The highest BCUT2D eigenvalue weighted by molar-refractivity contribution is 5.95. The van der Waals surface area contributed by atoms with Crippen molar-refractivity contribution in [1.82, 2.24) is 5.32 Å². The van der Waals surface area contributed by atoms with Gasteiger partial charge in [-0.1, -0.05) is 62.4 Å². The Kier molecular flexibility index (Phi) is 5.48. The summed E-state index contributed by atoms with van der Waals surface area (Å²) in [4.78, 5) is 24.5. The number of rotatable bonds is 6. The first kappa shape index (κ1) is 16.0.